The van der Waals surface area contributed by atoms with Gasteiger partial charge in [-0.2, -0.15) is 0 Å². The minimum absolute atomic E-state index is 0.0632. The third-order valence-electron chi connectivity index (χ3n) is 5.08. The van der Waals surface area contributed by atoms with Gasteiger partial charge in [0.15, 0.2) is 0 Å². The lowest BCUT2D eigenvalue weighted by Gasteiger charge is -2.15. The molecule has 0 unspecified atom stereocenters. The second-order valence-electron chi connectivity index (χ2n) is 6.76. The molecule has 0 aliphatic carbocycles. The molecule has 0 bridgehead atoms. The molecule has 0 spiro atoms. The van der Waals surface area contributed by atoms with Crippen molar-refractivity contribution >= 4 is 28.0 Å². The van der Waals surface area contributed by atoms with E-state index in [-0.39, 0.29) is 17.6 Å². The number of rotatable bonds is 4. The fraction of sp³-hybridized carbons (Fsp3) is 0.250. The standard InChI is InChI=1S/C20H21N5O2/c1-13(25-12-22-15-6-4-5-7-16(15)25)19(26)21-11-14-8-9-17-18(10-14)24(3)20(27)23(17)2/h4-10,12-13H,11H2,1-3H3,(H,21,26)/t13-/m0/s1. The number of hydrogen-bond donors (Lipinski definition) is 1. The van der Waals surface area contributed by atoms with E-state index in [2.05, 4.69) is 10.3 Å². The Morgan fingerprint density at radius 1 is 1.07 bits per heavy atom. The number of nitrogens with one attached hydrogen (secondary N) is 1. The summed E-state index contributed by atoms with van der Waals surface area (Å²) < 4.78 is 5.10. The molecule has 1 atom stereocenters. The zero-order chi connectivity index (χ0) is 19.1. The topological polar surface area (TPSA) is 73.8 Å². The Morgan fingerprint density at radius 3 is 2.63 bits per heavy atom. The first-order valence-corrected chi connectivity index (χ1v) is 8.81. The van der Waals surface area contributed by atoms with Crippen molar-refractivity contribution in [3.05, 3.63) is 64.8 Å². The number of para-hydroxylation sites is 2. The molecule has 0 saturated heterocycles. The fourth-order valence-corrected chi connectivity index (χ4v) is 3.41. The van der Waals surface area contributed by atoms with E-state index in [1.165, 1.54) is 0 Å². The summed E-state index contributed by atoms with van der Waals surface area (Å²) in [4.78, 5) is 29.0. The molecule has 0 saturated carbocycles. The molecular weight excluding hydrogens is 342 g/mol. The van der Waals surface area contributed by atoms with Crippen LogP contribution in [-0.2, 0) is 25.4 Å². The summed E-state index contributed by atoms with van der Waals surface area (Å²) in [6.07, 6.45) is 1.70. The Balaban J connectivity index is 1.53. The zero-order valence-corrected chi connectivity index (χ0v) is 15.5. The van der Waals surface area contributed by atoms with Gasteiger partial charge in [0.2, 0.25) is 5.91 Å². The number of carbonyl (C=O) groups is 1. The normalized spacial score (nSPS) is 12.6. The summed E-state index contributed by atoms with van der Waals surface area (Å²) in [6.45, 7) is 2.25. The average molecular weight is 363 g/mol. The Labute approximate surface area is 155 Å². The maximum atomic E-state index is 12.6. The van der Waals surface area contributed by atoms with Crippen LogP contribution in [0.25, 0.3) is 22.1 Å². The maximum absolute atomic E-state index is 12.6. The predicted molar refractivity (Wildman–Crippen MR) is 104 cm³/mol. The predicted octanol–water partition coefficient (Wildman–Crippen LogP) is 2.10. The molecule has 2 aromatic heterocycles. The SMILES string of the molecule is C[C@@H](C(=O)NCc1ccc2c(c1)n(C)c(=O)n2C)n1cnc2ccccc21. The molecule has 2 heterocycles. The highest BCUT2D eigenvalue weighted by Crippen LogP contribution is 2.18. The number of nitrogens with zero attached hydrogens (tertiary/aromatic N) is 4. The van der Waals surface area contributed by atoms with Crippen LogP contribution in [0, 0.1) is 0 Å². The van der Waals surface area contributed by atoms with Crippen molar-refractivity contribution in [2.45, 2.75) is 19.5 Å². The van der Waals surface area contributed by atoms with Gasteiger partial charge in [0, 0.05) is 20.6 Å². The third kappa shape index (κ3) is 2.81. The maximum Gasteiger partial charge on any atom is 0.328 e. The quantitative estimate of drug-likeness (QED) is 0.603. The van der Waals surface area contributed by atoms with Gasteiger partial charge < -0.3 is 9.88 Å². The van der Waals surface area contributed by atoms with Gasteiger partial charge >= 0.3 is 5.69 Å². The number of hydrogen-bond acceptors (Lipinski definition) is 3. The van der Waals surface area contributed by atoms with Gasteiger partial charge in [0.25, 0.3) is 0 Å². The Hall–Kier alpha value is -3.35. The second-order valence-corrected chi connectivity index (χ2v) is 6.76. The number of carbonyl (C=O) groups excluding carboxylic acids is 1. The zero-order valence-electron chi connectivity index (χ0n) is 15.5. The molecule has 2 aromatic carbocycles. The molecule has 0 fully saturated rings. The molecule has 138 valence electrons. The van der Waals surface area contributed by atoms with Crippen molar-refractivity contribution < 1.29 is 4.79 Å². The lowest BCUT2D eigenvalue weighted by Crippen LogP contribution is -2.30. The first kappa shape index (κ1) is 17.1. The molecule has 4 aromatic rings. The number of benzene rings is 2. The highest BCUT2D eigenvalue weighted by molar-refractivity contribution is 5.83. The highest BCUT2D eigenvalue weighted by Gasteiger charge is 2.17. The van der Waals surface area contributed by atoms with Crippen molar-refractivity contribution in [2.24, 2.45) is 14.1 Å². The first-order chi connectivity index (χ1) is 13.0. The average Bonchev–Trinajstić information content (AvgIpc) is 3.21. The van der Waals surface area contributed by atoms with Gasteiger partial charge in [-0.15, -0.1) is 0 Å². The van der Waals surface area contributed by atoms with Crippen LogP contribution in [0.5, 0.6) is 0 Å². The summed E-state index contributed by atoms with van der Waals surface area (Å²) in [5.74, 6) is -0.0831. The van der Waals surface area contributed by atoms with E-state index in [1.54, 1.807) is 29.6 Å². The van der Waals surface area contributed by atoms with Crippen LogP contribution in [0.3, 0.4) is 0 Å². The van der Waals surface area contributed by atoms with Crippen molar-refractivity contribution in [2.75, 3.05) is 0 Å². The van der Waals surface area contributed by atoms with Crippen LogP contribution >= 0.6 is 0 Å². The minimum atomic E-state index is -0.373. The molecular formula is C20H21N5O2. The monoisotopic (exact) mass is 363 g/mol. The lowest BCUT2D eigenvalue weighted by molar-refractivity contribution is -0.123. The van der Waals surface area contributed by atoms with Gasteiger partial charge in [-0.05, 0) is 36.8 Å². The van der Waals surface area contributed by atoms with Crippen molar-refractivity contribution in [1.29, 1.82) is 0 Å². The van der Waals surface area contributed by atoms with Gasteiger partial charge in [-0.3, -0.25) is 13.9 Å². The summed E-state index contributed by atoms with van der Waals surface area (Å²) in [5, 5.41) is 2.98. The smallest absolute Gasteiger partial charge is 0.328 e. The number of aryl methyl sites for hydroxylation is 2. The molecule has 1 N–H and O–H groups in total. The number of imidazole rings is 2. The fourth-order valence-electron chi connectivity index (χ4n) is 3.41. The third-order valence-corrected chi connectivity index (χ3v) is 5.08. The van der Waals surface area contributed by atoms with Crippen molar-refractivity contribution in [1.82, 2.24) is 24.0 Å². The molecule has 27 heavy (non-hydrogen) atoms. The largest absolute Gasteiger partial charge is 0.350 e. The lowest BCUT2D eigenvalue weighted by atomic mass is 10.2. The van der Waals surface area contributed by atoms with Gasteiger partial charge in [0.1, 0.15) is 6.04 Å². The van der Waals surface area contributed by atoms with Gasteiger partial charge in [-0.25, -0.2) is 9.78 Å². The molecule has 7 heteroatoms. The Bertz CT molecular complexity index is 1210. The van der Waals surface area contributed by atoms with Crippen LogP contribution in [0.15, 0.2) is 53.6 Å². The van der Waals surface area contributed by atoms with Crippen LogP contribution < -0.4 is 11.0 Å². The molecule has 0 radical (unpaired) electrons. The summed E-state index contributed by atoms with van der Waals surface area (Å²) in [5.41, 5.74) is 4.40. The van der Waals surface area contributed by atoms with E-state index >= 15 is 0 Å². The van der Waals surface area contributed by atoms with E-state index in [0.717, 1.165) is 27.6 Å². The van der Waals surface area contributed by atoms with E-state index in [9.17, 15) is 9.59 Å². The van der Waals surface area contributed by atoms with Crippen LogP contribution in [0.2, 0.25) is 0 Å². The van der Waals surface area contributed by atoms with Crippen LogP contribution in [-0.4, -0.2) is 24.6 Å². The number of amides is 1. The van der Waals surface area contributed by atoms with Crippen molar-refractivity contribution in [3.63, 3.8) is 0 Å². The molecule has 0 aliphatic heterocycles. The Morgan fingerprint density at radius 2 is 1.81 bits per heavy atom. The first-order valence-electron chi connectivity index (χ1n) is 8.81. The number of aromatic nitrogens is 4. The summed E-state index contributed by atoms with van der Waals surface area (Å²) >= 11 is 0. The van der Waals surface area contributed by atoms with Crippen LogP contribution in [0.4, 0.5) is 0 Å². The highest BCUT2D eigenvalue weighted by atomic mass is 16.2. The molecule has 1 amide bonds. The van der Waals surface area contributed by atoms with E-state index in [1.807, 2.05) is 54.0 Å². The second kappa shape index (κ2) is 6.42. The minimum Gasteiger partial charge on any atom is -0.350 e. The van der Waals surface area contributed by atoms with Crippen molar-refractivity contribution in [3.8, 4) is 0 Å². The van der Waals surface area contributed by atoms with E-state index < -0.39 is 0 Å². The molecule has 0 aliphatic rings. The van der Waals surface area contributed by atoms with Gasteiger partial charge in [-0.1, -0.05) is 18.2 Å². The summed E-state index contributed by atoms with van der Waals surface area (Å²) in [7, 11) is 3.50. The summed E-state index contributed by atoms with van der Waals surface area (Å²) in [6, 6.07) is 13.1. The molecule has 4 rings (SSSR count). The molecule has 7 nitrogen and oxygen atoms in total. The van der Waals surface area contributed by atoms with E-state index in [4.69, 9.17) is 0 Å². The van der Waals surface area contributed by atoms with Crippen LogP contribution in [0.1, 0.15) is 18.5 Å². The Kier molecular flexibility index (Phi) is 4.07. The van der Waals surface area contributed by atoms with Gasteiger partial charge in [0.05, 0.1) is 28.4 Å². The van der Waals surface area contributed by atoms with E-state index in [0.29, 0.717) is 6.54 Å². The number of fused-ring (bicyclic) bond motifs is 2.